The maximum absolute atomic E-state index is 12.0. The van der Waals surface area contributed by atoms with Crippen LogP contribution in [0.25, 0.3) is 0 Å². The van der Waals surface area contributed by atoms with E-state index in [1.807, 2.05) is 11.0 Å². The van der Waals surface area contributed by atoms with Crippen LogP contribution in [0.5, 0.6) is 0 Å². The highest BCUT2D eigenvalue weighted by Gasteiger charge is 2.18. The molecule has 4 heteroatoms. The number of thiophene rings is 1. The van der Waals surface area contributed by atoms with Crippen molar-refractivity contribution in [3.63, 3.8) is 0 Å². The van der Waals surface area contributed by atoms with Crippen LogP contribution in [-0.4, -0.2) is 37.0 Å². The first-order valence-electron chi connectivity index (χ1n) is 5.40. The molecule has 0 unspecified atom stereocenters. The lowest BCUT2D eigenvalue weighted by atomic mass is 10.3. The van der Waals surface area contributed by atoms with Crippen molar-refractivity contribution in [2.45, 2.75) is 13.3 Å². The minimum atomic E-state index is 0.196. The van der Waals surface area contributed by atoms with Gasteiger partial charge in [0.25, 0.3) is 5.91 Å². The Morgan fingerprint density at radius 3 is 2.80 bits per heavy atom. The van der Waals surface area contributed by atoms with Gasteiger partial charge < -0.3 is 10.2 Å². The third-order valence-corrected chi connectivity index (χ3v) is 3.84. The number of carbonyl (C=O) groups excluding carboxylic acids is 1. The van der Waals surface area contributed by atoms with Gasteiger partial charge in [-0.2, -0.15) is 0 Å². The zero-order chi connectivity index (χ0) is 10.7. The number of aryl methyl sites for hydroxylation is 1. The van der Waals surface area contributed by atoms with E-state index in [0.29, 0.717) is 0 Å². The Morgan fingerprint density at radius 2 is 2.20 bits per heavy atom. The fourth-order valence-corrected chi connectivity index (χ4v) is 2.62. The van der Waals surface area contributed by atoms with Crippen LogP contribution in [0.4, 0.5) is 0 Å². The van der Waals surface area contributed by atoms with Crippen molar-refractivity contribution in [3.8, 4) is 0 Å². The first-order valence-corrected chi connectivity index (χ1v) is 6.21. The van der Waals surface area contributed by atoms with E-state index in [0.717, 1.165) is 37.5 Å². The molecule has 1 N–H and O–H groups in total. The molecule has 1 aliphatic heterocycles. The van der Waals surface area contributed by atoms with Crippen molar-refractivity contribution in [2.24, 2.45) is 0 Å². The second-order valence-electron chi connectivity index (χ2n) is 3.66. The van der Waals surface area contributed by atoms with Crippen LogP contribution >= 0.6 is 11.3 Å². The van der Waals surface area contributed by atoms with E-state index in [2.05, 4.69) is 18.3 Å². The summed E-state index contributed by atoms with van der Waals surface area (Å²) in [6.45, 7) is 5.61. The first kappa shape index (κ1) is 10.6. The predicted molar refractivity (Wildman–Crippen MR) is 62.5 cm³/mol. The van der Waals surface area contributed by atoms with E-state index in [1.165, 1.54) is 4.88 Å². The summed E-state index contributed by atoms with van der Waals surface area (Å²) >= 11 is 1.62. The average molecular weight is 224 g/mol. The molecular weight excluding hydrogens is 208 g/mol. The summed E-state index contributed by atoms with van der Waals surface area (Å²) in [6, 6.07) is 4.01. The Kier molecular flexibility index (Phi) is 3.38. The molecule has 1 amide bonds. The predicted octanol–water partition coefficient (Wildman–Crippen LogP) is 1.36. The van der Waals surface area contributed by atoms with Crippen molar-refractivity contribution in [2.75, 3.05) is 26.2 Å². The molecule has 1 saturated heterocycles. The molecule has 0 bridgehead atoms. The van der Waals surface area contributed by atoms with E-state index < -0.39 is 0 Å². The van der Waals surface area contributed by atoms with Crippen LogP contribution in [0.1, 0.15) is 21.5 Å². The molecule has 82 valence electrons. The summed E-state index contributed by atoms with van der Waals surface area (Å²) < 4.78 is 0. The maximum atomic E-state index is 12.0. The van der Waals surface area contributed by atoms with Crippen molar-refractivity contribution in [3.05, 3.63) is 21.9 Å². The van der Waals surface area contributed by atoms with Gasteiger partial charge in [0.2, 0.25) is 0 Å². The van der Waals surface area contributed by atoms with E-state index in [1.54, 1.807) is 11.3 Å². The van der Waals surface area contributed by atoms with E-state index >= 15 is 0 Å². The standard InChI is InChI=1S/C11H16N2OS/c1-2-9-3-4-10(15-9)11(14)13-7-5-12-6-8-13/h3-4,12H,2,5-8H2,1H3. The van der Waals surface area contributed by atoms with Crippen LogP contribution in [0, 0.1) is 0 Å². The number of hydrogen-bond donors (Lipinski definition) is 1. The molecule has 0 aliphatic carbocycles. The monoisotopic (exact) mass is 224 g/mol. The summed E-state index contributed by atoms with van der Waals surface area (Å²) in [6.07, 6.45) is 1.01. The van der Waals surface area contributed by atoms with Gasteiger partial charge in [-0.25, -0.2) is 0 Å². The zero-order valence-corrected chi connectivity index (χ0v) is 9.77. The summed E-state index contributed by atoms with van der Waals surface area (Å²) in [5, 5.41) is 3.25. The molecule has 1 aliphatic rings. The van der Waals surface area contributed by atoms with Crippen LogP contribution < -0.4 is 5.32 Å². The van der Waals surface area contributed by atoms with Crippen molar-refractivity contribution >= 4 is 17.2 Å². The molecule has 0 saturated carbocycles. The SMILES string of the molecule is CCc1ccc(C(=O)N2CCNCC2)s1. The van der Waals surface area contributed by atoms with Crippen molar-refractivity contribution in [1.82, 2.24) is 10.2 Å². The highest BCUT2D eigenvalue weighted by molar-refractivity contribution is 7.14. The number of nitrogens with one attached hydrogen (secondary N) is 1. The van der Waals surface area contributed by atoms with Crippen LogP contribution in [0.2, 0.25) is 0 Å². The fraction of sp³-hybridized carbons (Fsp3) is 0.545. The number of rotatable bonds is 2. The zero-order valence-electron chi connectivity index (χ0n) is 8.95. The van der Waals surface area contributed by atoms with Gasteiger partial charge in [-0.15, -0.1) is 11.3 Å². The lowest BCUT2D eigenvalue weighted by Crippen LogP contribution is -2.46. The Bertz CT molecular complexity index is 342. The highest BCUT2D eigenvalue weighted by atomic mass is 32.1. The first-order chi connectivity index (χ1) is 7.31. The Morgan fingerprint density at radius 1 is 1.47 bits per heavy atom. The third-order valence-electron chi connectivity index (χ3n) is 2.63. The minimum Gasteiger partial charge on any atom is -0.335 e. The minimum absolute atomic E-state index is 0.196. The Labute approximate surface area is 94.1 Å². The number of piperazine rings is 1. The molecule has 0 spiro atoms. The number of amides is 1. The largest absolute Gasteiger partial charge is 0.335 e. The fourth-order valence-electron chi connectivity index (χ4n) is 1.71. The van der Waals surface area contributed by atoms with Gasteiger partial charge in [0.15, 0.2) is 0 Å². The molecular formula is C11H16N2OS. The molecule has 2 rings (SSSR count). The quantitative estimate of drug-likeness (QED) is 0.822. The number of carbonyl (C=O) groups is 1. The van der Waals surface area contributed by atoms with Gasteiger partial charge >= 0.3 is 0 Å². The van der Waals surface area contributed by atoms with Gasteiger partial charge in [-0.05, 0) is 18.6 Å². The lowest BCUT2D eigenvalue weighted by molar-refractivity contribution is 0.0740. The second-order valence-corrected chi connectivity index (χ2v) is 4.83. The number of hydrogen-bond acceptors (Lipinski definition) is 3. The van der Waals surface area contributed by atoms with Gasteiger partial charge in [0.1, 0.15) is 0 Å². The Balaban J connectivity index is 2.05. The van der Waals surface area contributed by atoms with Crippen LogP contribution in [0.3, 0.4) is 0 Å². The molecule has 2 heterocycles. The summed E-state index contributed by atoms with van der Waals surface area (Å²) in [7, 11) is 0. The van der Waals surface area contributed by atoms with E-state index in [4.69, 9.17) is 0 Å². The topological polar surface area (TPSA) is 32.3 Å². The maximum Gasteiger partial charge on any atom is 0.264 e. The van der Waals surface area contributed by atoms with Gasteiger partial charge in [0, 0.05) is 31.1 Å². The highest BCUT2D eigenvalue weighted by Crippen LogP contribution is 2.18. The number of nitrogens with zero attached hydrogens (tertiary/aromatic N) is 1. The normalized spacial score (nSPS) is 16.7. The smallest absolute Gasteiger partial charge is 0.264 e. The van der Waals surface area contributed by atoms with Crippen molar-refractivity contribution in [1.29, 1.82) is 0 Å². The lowest BCUT2D eigenvalue weighted by Gasteiger charge is -2.26. The second kappa shape index (κ2) is 4.77. The molecule has 15 heavy (non-hydrogen) atoms. The Hall–Kier alpha value is -0.870. The molecule has 1 fully saturated rings. The van der Waals surface area contributed by atoms with Gasteiger partial charge in [-0.3, -0.25) is 4.79 Å². The average Bonchev–Trinajstić information content (AvgIpc) is 2.78. The molecule has 1 aromatic rings. The summed E-state index contributed by atoms with van der Waals surface area (Å²) in [5.74, 6) is 0.196. The summed E-state index contributed by atoms with van der Waals surface area (Å²) in [5.41, 5.74) is 0. The molecule has 3 nitrogen and oxygen atoms in total. The van der Waals surface area contributed by atoms with Crippen LogP contribution in [-0.2, 0) is 6.42 Å². The third kappa shape index (κ3) is 2.38. The summed E-state index contributed by atoms with van der Waals surface area (Å²) in [4.78, 5) is 16.1. The van der Waals surface area contributed by atoms with Crippen LogP contribution in [0.15, 0.2) is 12.1 Å². The molecule has 0 aromatic carbocycles. The molecule has 0 radical (unpaired) electrons. The van der Waals surface area contributed by atoms with E-state index in [-0.39, 0.29) is 5.91 Å². The molecule has 0 atom stereocenters. The van der Waals surface area contributed by atoms with E-state index in [9.17, 15) is 4.79 Å². The van der Waals surface area contributed by atoms with Gasteiger partial charge in [0.05, 0.1) is 4.88 Å². The van der Waals surface area contributed by atoms with Gasteiger partial charge in [-0.1, -0.05) is 6.92 Å². The molecule has 1 aromatic heterocycles. The van der Waals surface area contributed by atoms with Crippen molar-refractivity contribution < 1.29 is 4.79 Å².